The number of rotatable bonds is 5. The lowest BCUT2D eigenvalue weighted by Crippen LogP contribution is -2.26. The number of aryl methyl sites for hydroxylation is 2. The number of nitrogens with zero attached hydrogens (tertiary/aromatic N) is 2. The van der Waals surface area contributed by atoms with E-state index in [0.717, 1.165) is 22.5 Å². The van der Waals surface area contributed by atoms with Crippen LogP contribution in [0.1, 0.15) is 45.8 Å². The average Bonchev–Trinajstić information content (AvgIpc) is 3.04. The molecule has 0 aliphatic carbocycles. The van der Waals surface area contributed by atoms with E-state index in [4.69, 9.17) is 0 Å². The number of fused-ring (bicyclic) bond motifs is 1. The lowest BCUT2D eigenvalue weighted by atomic mass is 10.0. The van der Waals surface area contributed by atoms with Gasteiger partial charge in [-0.25, -0.2) is 0 Å². The van der Waals surface area contributed by atoms with Gasteiger partial charge in [-0.3, -0.25) is 9.48 Å². The third-order valence-corrected chi connectivity index (χ3v) is 5.27. The molecule has 0 saturated heterocycles. The Kier molecular flexibility index (Phi) is 5.17. The topological polar surface area (TPSA) is 46.9 Å². The Morgan fingerprint density at radius 2 is 1.69 bits per heavy atom. The minimum absolute atomic E-state index is 0.0664. The first-order chi connectivity index (χ1) is 14.0. The molecule has 1 atom stereocenters. The van der Waals surface area contributed by atoms with Crippen LogP contribution >= 0.6 is 0 Å². The molecule has 3 aromatic carbocycles. The second-order valence-corrected chi connectivity index (χ2v) is 7.58. The second-order valence-electron chi connectivity index (χ2n) is 7.58. The molecule has 4 rings (SSSR count). The fraction of sp³-hybridized carbons (Fsp3) is 0.200. The molecule has 0 radical (unpaired) electrons. The third-order valence-electron chi connectivity index (χ3n) is 5.27. The van der Waals surface area contributed by atoms with Gasteiger partial charge in [-0.1, -0.05) is 48.5 Å². The molecule has 0 bridgehead atoms. The predicted molar refractivity (Wildman–Crippen MR) is 117 cm³/mol. The predicted octanol–water partition coefficient (Wildman–Crippen LogP) is 5.19. The molecule has 146 valence electrons. The van der Waals surface area contributed by atoms with Crippen LogP contribution in [0.2, 0.25) is 0 Å². The van der Waals surface area contributed by atoms with Crippen molar-refractivity contribution in [3.05, 3.63) is 101 Å². The molecule has 4 aromatic rings. The molecule has 4 nitrogen and oxygen atoms in total. The van der Waals surface area contributed by atoms with E-state index in [1.165, 1.54) is 10.8 Å². The van der Waals surface area contributed by atoms with Gasteiger partial charge in [0.05, 0.1) is 18.3 Å². The summed E-state index contributed by atoms with van der Waals surface area (Å²) in [6.07, 6.45) is 0. The Balaban J connectivity index is 1.44. The Bertz CT molecular complexity index is 1160. The van der Waals surface area contributed by atoms with Crippen LogP contribution in [0, 0.1) is 13.8 Å². The van der Waals surface area contributed by atoms with Crippen molar-refractivity contribution in [1.82, 2.24) is 15.1 Å². The lowest BCUT2D eigenvalue weighted by molar-refractivity contribution is 0.0940. The number of hydrogen-bond acceptors (Lipinski definition) is 2. The van der Waals surface area contributed by atoms with Crippen LogP contribution in [0.3, 0.4) is 0 Å². The van der Waals surface area contributed by atoms with Gasteiger partial charge < -0.3 is 5.32 Å². The van der Waals surface area contributed by atoms with E-state index in [0.29, 0.717) is 12.1 Å². The molecule has 0 aliphatic rings. The maximum atomic E-state index is 12.7. The van der Waals surface area contributed by atoms with Crippen LogP contribution in [-0.2, 0) is 6.54 Å². The molecule has 29 heavy (non-hydrogen) atoms. The molecular weight excluding hydrogens is 358 g/mol. The molecule has 0 aliphatic heterocycles. The Labute approximate surface area is 171 Å². The molecule has 1 unspecified atom stereocenters. The molecule has 0 spiro atoms. The summed E-state index contributed by atoms with van der Waals surface area (Å²) in [5, 5.41) is 9.98. The summed E-state index contributed by atoms with van der Waals surface area (Å²) in [5.41, 5.74) is 5.03. The monoisotopic (exact) mass is 383 g/mol. The molecule has 0 fully saturated rings. The van der Waals surface area contributed by atoms with E-state index in [-0.39, 0.29) is 11.9 Å². The quantitative estimate of drug-likeness (QED) is 0.515. The van der Waals surface area contributed by atoms with Gasteiger partial charge in [-0.2, -0.15) is 5.10 Å². The summed E-state index contributed by atoms with van der Waals surface area (Å²) in [6.45, 7) is 6.76. The SMILES string of the molecule is Cc1cc(C)n(Cc2ccc(C(=O)NC(C)c3ccc4ccccc4c3)cc2)n1. The van der Waals surface area contributed by atoms with Crippen molar-refractivity contribution in [3.8, 4) is 0 Å². The van der Waals surface area contributed by atoms with Crippen molar-refractivity contribution in [3.63, 3.8) is 0 Å². The standard InChI is InChI=1S/C25H25N3O/c1-17-14-18(2)28(27-17)16-20-8-10-22(11-9-20)25(29)26-19(3)23-13-12-21-6-4-5-7-24(21)15-23/h4-15,19H,16H2,1-3H3,(H,26,29). The number of amides is 1. The van der Waals surface area contributed by atoms with Crippen molar-refractivity contribution in [2.45, 2.75) is 33.4 Å². The van der Waals surface area contributed by atoms with Crippen LogP contribution in [-0.4, -0.2) is 15.7 Å². The minimum atomic E-state index is -0.0681. The molecular formula is C25H25N3O. The van der Waals surface area contributed by atoms with Gasteiger partial charge in [0, 0.05) is 11.3 Å². The van der Waals surface area contributed by atoms with Crippen molar-refractivity contribution in [1.29, 1.82) is 0 Å². The smallest absolute Gasteiger partial charge is 0.251 e. The van der Waals surface area contributed by atoms with Gasteiger partial charge in [0.1, 0.15) is 0 Å². The van der Waals surface area contributed by atoms with Gasteiger partial charge in [-0.05, 0) is 66.9 Å². The number of nitrogens with one attached hydrogen (secondary N) is 1. The van der Waals surface area contributed by atoms with Gasteiger partial charge in [0.2, 0.25) is 0 Å². The first kappa shape index (κ1) is 18.9. The molecule has 1 amide bonds. The first-order valence-electron chi connectivity index (χ1n) is 9.89. The molecule has 4 heteroatoms. The average molecular weight is 383 g/mol. The molecule has 1 heterocycles. The Morgan fingerprint density at radius 1 is 0.966 bits per heavy atom. The summed E-state index contributed by atoms with van der Waals surface area (Å²) in [4.78, 5) is 12.7. The van der Waals surface area contributed by atoms with E-state index < -0.39 is 0 Å². The van der Waals surface area contributed by atoms with Crippen LogP contribution in [0.4, 0.5) is 0 Å². The molecule has 1 aromatic heterocycles. The van der Waals surface area contributed by atoms with E-state index in [9.17, 15) is 4.79 Å². The highest BCUT2D eigenvalue weighted by atomic mass is 16.1. The van der Waals surface area contributed by atoms with E-state index in [1.807, 2.05) is 54.9 Å². The van der Waals surface area contributed by atoms with Gasteiger partial charge >= 0.3 is 0 Å². The summed E-state index contributed by atoms with van der Waals surface area (Å²) < 4.78 is 1.98. The van der Waals surface area contributed by atoms with Crippen LogP contribution in [0.5, 0.6) is 0 Å². The summed E-state index contributed by atoms with van der Waals surface area (Å²) >= 11 is 0. The second kappa shape index (κ2) is 7.92. The van der Waals surface area contributed by atoms with E-state index >= 15 is 0 Å². The zero-order valence-electron chi connectivity index (χ0n) is 17.0. The summed E-state index contributed by atoms with van der Waals surface area (Å²) in [6, 6.07) is 24.3. The number of carbonyl (C=O) groups is 1. The van der Waals surface area contributed by atoms with Crippen molar-refractivity contribution < 1.29 is 4.79 Å². The Morgan fingerprint density at radius 3 is 2.38 bits per heavy atom. The number of hydrogen-bond donors (Lipinski definition) is 1. The third kappa shape index (κ3) is 4.21. The van der Waals surface area contributed by atoms with Crippen molar-refractivity contribution in [2.24, 2.45) is 0 Å². The number of benzene rings is 3. The first-order valence-corrected chi connectivity index (χ1v) is 9.89. The fourth-order valence-electron chi connectivity index (χ4n) is 3.61. The maximum absolute atomic E-state index is 12.7. The fourth-order valence-corrected chi connectivity index (χ4v) is 3.61. The summed E-state index contributed by atoms with van der Waals surface area (Å²) in [7, 11) is 0. The summed E-state index contributed by atoms with van der Waals surface area (Å²) in [5.74, 6) is -0.0664. The zero-order valence-corrected chi connectivity index (χ0v) is 17.0. The van der Waals surface area contributed by atoms with Gasteiger partial charge in [-0.15, -0.1) is 0 Å². The minimum Gasteiger partial charge on any atom is -0.346 e. The van der Waals surface area contributed by atoms with Gasteiger partial charge in [0.15, 0.2) is 0 Å². The van der Waals surface area contributed by atoms with E-state index in [2.05, 4.69) is 53.7 Å². The number of carbonyl (C=O) groups excluding carboxylic acids is 1. The normalized spacial score (nSPS) is 12.1. The highest BCUT2D eigenvalue weighted by Gasteiger charge is 2.12. The van der Waals surface area contributed by atoms with Gasteiger partial charge in [0.25, 0.3) is 5.91 Å². The highest BCUT2D eigenvalue weighted by molar-refractivity contribution is 5.94. The van der Waals surface area contributed by atoms with Crippen molar-refractivity contribution in [2.75, 3.05) is 0 Å². The van der Waals surface area contributed by atoms with Crippen molar-refractivity contribution >= 4 is 16.7 Å². The van der Waals surface area contributed by atoms with Crippen LogP contribution in [0.15, 0.2) is 72.8 Å². The lowest BCUT2D eigenvalue weighted by Gasteiger charge is -2.15. The maximum Gasteiger partial charge on any atom is 0.251 e. The Hall–Kier alpha value is -3.40. The van der Waals surface area contributed by atoms with Crippen LogP contribution in [0.25, 0.3) is 10.8 Å². The molecule has 1 N–H and O–H groups in total. The van der Waals surface area contributed by atoms with E-state index in [1.54, 1.807) is 0 Å². The number of aromatic nitrogens is 2. The molecule has 0 saturated carbocycles. The zero-order chi connectivity index (χ0) is 20.4. The highest BCUT2D eigenvalue weighted by Crippen LogP contribution is 2.20. The van der Waals surface area contributed by atoms with Crippen LogP contribution < -0.4 is 5.32 Å². The largest absolute Gasteiger partial charge is 0.346 e.